The molecule has 0 radical (unpaired) electrons. The van der Waals surface area contributed by atoms with Crippen molar-refractivity contribution in [2.45, 2.75) is 25.3 Å². The van der Waals surface area contributed by atoms with Crippen molar-refractivity contribution in [3.63, 3.8) is 0 Å². The Labute approximate surface area is 100 Å². The van der Waals surface area contributed by atoms with Crippen molar-refractivity contribution in [2.24, 2.45) is 0 Å². The molecule has 1 aliphatic heterocycles. The highest BCUT2D eigenvalue weighted by Crippen LogP contribution is 2.29. The van der Waals surface area contributed by atoms with Gasteiger partial charge in [-0.3, -0.25) is 9.30 Å². The van der Waals surface area contributed by atoms with Gasteiger partial charge in [0.2, 0.25) is 0 Å². The number of nitrogens with zero attached hydrogens (tertiary/aromatic N) is 4. The highest BCUT2D eigenvalue weighted by atomic mass is 15.3. The summed E-state index contributed by atoms with van der Waals surface area (Å²) in [6.45, 7) is 1.12. The maximum absolute atomic E-state index is 6.02. The van der Waals surface area contributed by atoms with Crippen LogP contribution in [0.15, 0.2) is 18.2 Å². The summed E-state index contributed by atoms with van der Waals surface area (Å²) in [6.07, 6.45) is 3.64. The van der Waals surface area contributed by atoms with E-state index in [1.807, 2.05) is 22.6 Å². The Morgan fingerprint density at radius 1 is 1.29 bits per heavy atom. The van der Waals surface area contributed by atoms with Crippen molar-refractivity contribution in [2.75, 3.05) is 19.3 Å². The molecule has 3 rings (SSSR count). The number of rotatable bonds is 1. The van der Waals surface area contributed by atoms with Crippen LogP contribution in [0.5, 0.6) is 0 Å². The Bertz CT molecular complexity index is 533. The zero-order chi connectivity index (χ0) is 11.8. The number of fused-ring (bicyclic) bond motifs is 1. The van der Waals surface area contributed by atoms with E-state index in [-0.39, 0.29) is 0 Å². The van der Waals surface area contributed by atoms with Gasteiger partial charge < -0.3 is 5.73 Å². The average Bonchev–Trinajstić information content (AvgIpc) is 2.75. The van der Waals surface area contributed by atoms with Crippen molar-refractivity contribution in [1.82, 2.24) is 19.5 Å². The van der Waals surface area contributed by atoms with Crippen LogP contribution in [0.2, 0.25) is 0 Å². The van der Waals surface area contributed by atoms with Crippen molar-refractivity contribution in [3.8, 4) is 0 Å². The predicted octanol–water partition coefficient (Wildman–Crippen LogP) is 1.47. The minimum absolute atomic E-state index is 0.337. The molecule has 0 aliphatic carbocycles. The number of anilines is 1. The molecule has 1 unspecified atom stereocenters. The molecule has 1 atom stereocenters. The Morgan fingerprint density at radius 2 is 2.18 bits per heavy atom. The third kappa shape index (κ3) is 1.67. The van der Waals surface area contributed by atoms with Crippen molar-refractivity contribution in [3.05, 3.63) is 24.0 Å². The summed E-state index contributed by atoms with van der Waals surface area (Å²) in [5.74, 6) is 1.68. The summed E-state index contributed by atoms with van der Waals surface area (Å²) in [4.78, 5) is 2.34. The van der Waals surface area contributed by atoms with Gasteiger partial charge in [0.25, 0.3) is 0 Å². The van der Waals surface area contributed by atoms with Crippen LogP contribution < -0.4 is 5.73 Å². The smallest absolute Gasteiger partial charge is 0.162 e. The molecule has 17 heavy (non-hydrogen) atoms. The maximum Gasteiger partial charge on any atom is 0.162 e. The van der Waals surface area contributed by atoms with Crippen LogP contribution in [0.3, 0.4) is 0 Å². The summed E-state index contributed by atoms with van der Waals surface area (Å²) < 4.78 is 1.96. The number of hydrogen-bond acceptors (Lipinski definition) is 4. The Kier molecular flexibility index (Phi) is 2.48. The van der Waals surface area contributed by atoms with Crippen molar-refractivity contribution >= 4 is 11.5 Å². The molecule has 5 nitrogen and oxygen atoms in total. The first-order valence-electron chi connectivity index (χ1n) is 6.07. The summed E-state index contributed by atoms with van der Waals surface area (Å²) in [6, 6.07) is 6.08. The third-order valence-electron chi connectivity index (χ3n) is 3.55. The monoisotopic (exact) mass is 231 g/mol. The van der Waals surface area contributed by atoms with Gasteiger partial charge in [-0.25, -0.2) is 0 Å². The third-order valence-corrected chi connectivity index (χ3v) is 3.55. The second kappa shape index (κ2) is 4.00. The molecular formula is C12H17N5. The van der Waals surface area contributed by atoms with Crippen LogP contribution in [0.1, 0.15) is 31.1 Å². The molecule has 3 heterocycles. The molecule has 0 saturated carbocycles. The summed E-state index contributed by atoms with van der Waals surface area (Å²) >= 11 is 0. The first-order chi connectivity index (χ1) is 8.27. The number of pyridine rings is 1. The molecule has 1 fully saturated rings. The highest BCUT2D eigenvalue weighted by molar-refractivity contribution is 5.47. The molecule has 5 heteroatoms. The molecule has 0 bridgehead atoms. The summed E-state index contributed by atoms with van der Waals surface area (Å²) in [5, 5.41) is 8.52. The number of nitrogen functional groups attached to an aromatic ring is 1. The number of nitrogens with two attached hydrogens (primary N) is 1. The van der Waals surface area contributed by atoms with E-state index in [9.17, 15) is 0 Å². The fraction of sp³-hybridized carbons (Fsp3) is 0.500. The minimum atomic E-state index is 0.337. The molecule has 90 valence electrons. The van der Waals surface area contributed by atoms with Gasteiger partial charge in [0.1, 0.15) is 5.82 Å². The number of hydrogen-bond donors (Lipinski definition) is 1. The summed E-state index contributed by atoms with van der Waals surface area (Å²) in [7, 11) is 2.14. The van der Waals surface area contributed by atoms with Gasteiger partial charge in [0.05, 0.1) is 6.04 Å². The molecule has 2 aromatic rings. The lowest BCUT2D eigenvalue weighted by Crippen LogP contribution is -2.31. The van der Waals surface area contributed by atoms with Gasteiger partial charge in [0.15, 0.2) is 11.5 Å². The topological polar surface area (TPSA) is 59.5 Å². The van der Waals surface area contributed by atoms with E-state index >= 15 is 0 Å². The normalized spacial score (nSPS) is 22.1. The zero-order valence-electron chi connectivity index (χ0n) is 10.0. The molecule has 0 aromatic carbocycles. The van der Waals surface area contributed by atoms with E-state index in [1.165, 1.54) is 12.8 Å². The van der Waals surface area contributed by atoms with Crippen molar-refractivity contribution in [1.29, 1.82) is 0 Å². The van der Waals surface area contributed by atoms with Crippen molar-refractivity contribution < 1.29 is 0 Å². The average molecular weight is 231 g/mol. The molecule has 1 aliphatic rings. The minimum Gasteiger partial charge on any atom is -0.385 e. The Morgan fingerprint density at radius 3 is 3.00 bits per heavy atom. The van der Waals surface area contributed by atoms with E-state index in [0.717, 1.165) is 24.4 Å². The lowest BCUT2D eigenvalue weighted by atomic mass is 10.0. The molecule has 1 saturated heterocycles. The molecule has 0 spiro atoms. The van der Waals surface area contributed by atoms with Crippen LogP contribution in [-0.2, 0) is 0 Å². The number of piperidine rings is 1. The fourth-order valence-electron chi connectivity index (χ4n) is 2.61. The summed E-state index contributed by atoms with van der Waals surface area (Å²) in [5.41, 5.74) is 6.85. The van der Waals surface area contributed by atoms with Gasteiger partial charge in [0, 0.05) is 0 Å². The molecular weight excluding hydrogens is 214 g/mol. The highest BCUT2D eigenvalue weighted by Gasteiger charge is 2.25. The van der Waals surface area contributed by atoms with Gasteiger partial charge >= 0.3 is 0 Å². The van der Waals surface area contributed by atoms with Crippen LogP contribution in [-0.4, -0.2) is 33.1 Å². The van der Waals surface area contributed by atoms with Crippen LogP contribution in [0, 0.1) is 0 Å². The van der Waals surface area contributed by atoms with E-state index in [2.05, 4.69) is 22.1 Å². The lowest BCUT2D eigenvalue weighted by molar-refractivity contribution is 0.178. The first kappa shape index (κ1) is 10.5. The number of aromatic nitrogens is 3. The van der Waals surface area contributed by atoms with E-state index in [4.69, 9.17) is 5.73 Å². The predicted molar refractivity (Wildman–Crippen MR) is 66.6 cm³/mol. The van der Waals surface area contributed by atoms with Gasteiger partial charge in [-0.1, -0.05) is 12.5 Å². The molecule has 2 aromatic heterocycles. The van der Waals surface area contributed by atoms with E-state index < -0.39 is 0 Å². The maximum atomic E-state index is 6.02. The molecule has 0 amide bonds. The van der Waals surface area contributed by atoms with Gasteiger partial charge in [-0.15, -0.1) is 10.2 Å². The number of likely N-dealkylation sites (tertiary alicyclic amines) is 1. The fourth-order valence-corrected chi connectivity index (χ4v) is 2.61. The van der Waals surface area contributed by atoms with Crippen LogP contribution in [0.4, 0.5) is 5.82 Å². The van der Waals surface area contributed by atoms with Crippen LogP contribution >= 0.6 is 0 Å². The second-order valence-corrected chi connectivity index (χ2v) is 4.69. The zero-order valence-corrected chi connectivity index (χ0v) is 10.0. The SMILES string of the molecule is CN1CCCCC1c1nnc2cccc(N)n12. The Balaban J connectivity index is 2.10. The first-order valence-corrected chi connectivity index (χ1v) is 6.07. The van der Waals surface area contributed by atoms with Gasteiger partial charge in [-0.2, -0.15) is 0 Å². The second-order valence-electron chi connectivity index (χ2n) is 4.69. The van der Waals surface area contributed by atoms with E-state index in [1.54, 1.807) is 0 Å². The lowest BCUT2D eigenvalue weighted by Gasteiger charge is -2.31. The largest absolute Gasteiger partial charge is 0.385 e. The Hall–Kier alpha value is -1.62. The van der Waals surface area contributed by atoms with Gasteiger partial charge in [-0.05, 0) is 38.6 Å². The van der Waals surface area contributed by atoms with E-state index in [0.29, 0.717) is 11.9 Å². The standard InChI is InChI=1S/C12H17N5/c1-16-8-3-2-5-9(16)12-15-14-11-7-4-6-10(13)17(11)12/h4,6-7,9H,2-3,5,8,13H2,1H3. The molecule has 2 N–H and O–H groups in total. The quantitative estimate of drug-likeness (QED) is 0.807. The van der Waals surface area contributed by atoms with Crippen LogP contribution in [0.25, 0.3) is 5.65 Å².